The highest BCUT2D eigenvalue weighted by atomic mass is 28.3. The Morgan fingerprint density at radius 2 is 1.56 bits per heavy atom. The lowest BCUT2D eigenvalue weighted by molar-refractivity contribution is 0.476. The van der Waals surface area contributed by atoms with Crippen molar-refractivity contribution < 1.29 is 4.43 Å². The van der Waals surface area contributed by atoms with Crippen molar-refractivity contribution in [3.63, 3.8) is 0 Å². The van der Waals surface area contributed by atoms with Crippen molar-refractivity contribution in [3.8, 4) is 0 Å². The predicted octanol–water partition coefficient (Wildman–Crippen LogP) is 0.920. The van der Waals surface area contributed by atoms with Gasteiger partial charge in [-0.2, -0.15) is 0 Å². The molecule has 0 spiro atoms. The van der Waals surface area contributed by atoms with Crippen molar-refractivity contribution in [1.29, 1.82) is 0 Å². The third-order valence-corrected chi connectivity index (χ3v) is 1.05. The SMILES string of the molecule is C=C(C)O[SiH3].C[SiH](C)C. The standard InChI is InChI=1S/C3H8OSi.C3H10Si/c1-3(2)4-5;1-4(2)3/h1H2,2,5H3;4H,1-3H3. The highest BCUT2D eigenvalue weighted by Gasteiger charge is 1.71. The minimum atomic E-state index is -0.139. The molecule has 3 heteroatoms. The molecule has 0 heterocycles. The second-order valence-electron chi connectivity index (χ2n) is 2.64. The van der Waals surface area contributed by atoms with Crippen LogP contribution in [-0.2, 0) is 4.43 Å². The molecule has 0 N–H and O–H groups in total. The molecule has 0 rings (SSSR count). The van der Waals surface area contributed by atoms with E-state index in [-0.39, 0.29) is 8.80 Å². The normalized spacial score (nSPS) is 8.11. The summed E-state index contributed by atoms with van der Waals surface area (Å²) in [5.41, 5.74) is 0. The zero-order valence-corrected chi connectivity index (χ0v) is 10.3. The van der Waals surface area contributed by atoms with Gasteiger partial charge in [0.25, 0.3) is 0 Å². The Kier molecular flexibility index (Phi) is 10.4. The minimum Gasteiger partial charge on any atom is -0.557 e. The first-order valence-corrected chi connectivity index (χ1v) is 7.48. The molecule has 0 aromatic carbocycles. The van der Waals surface area contributed by atoms with E-state index in [0.717, 1.165) is 16.2 Å². The van der Waals surface area contributed by atoms with Crippen molar-refractivity contribution in [2.75, 3.05) is 0 Å². The Labute approximate surface area is 63.3 Å². The quantitative estimate of drug-likeness (QED) is 0.411. The highest BCUT2D eigenvalue weighted by Crippen LogP contribution is 1.79. The van der Waals surface area contributed by atoms with Crippen LogP contribution >= 0.6 is 0 Å². The minimum absolute atomic E-state index is 0.139. The molecule has 0 amide bonds. The van der Waals surface area contributed by atoms with E-state index in [2.05, 4.69) is 26.2 Å². The van der Waals surface area contributed by atoms with Gasteiger partial charge in [0.15, 0.2) is 0 Å². The Bertz CT molecular complexity index is 68.7. The lowest BCUT2D eigenvalue weighted by Gasteiger charge is -1.89. The second kappa shape index (κ2) is 7.97. The van der Waals surface area contributed by atoms with Crippen molar-refractivity contribution in [1.82, 2.24) is 0 Å². The van der Waals surface area contributed by atoms with Gasteiger partial charge in [-0.15, -0.1) is 0 Å². The molecule has 9 heavy (non-hydrogen) atoms. The molecule has 0 aromatic heterocycles. The summed E-state index contributed by atoms with van der Waals surface area (Å²) in [6.45, 7) is 12.2. The molecule has 0 saturated carbocycles. The Balaban J connectivity index is 0. The summed E-state index contributed by atoms with van der Waals surface area (Å²) in [7, 11) is 0.635. The van der Waals surface area contributed by atoms with Crippen LogP contribution in [0.3, 0.4) is 0 Å². The highest BCUT2D eigenvalue weighted by molar-refractivity contribution is 6.54. The van der Waals surface area contributed by atoms with Gasteiger partial charge in [0, 0.05) is 8.80 Å². The summed E-state index contributed by atoms with van der Waals surface area (Å²) in [5, 5.41) is 0. The molecule has 0 atom stereocenters. The van der Waals surface area contributed by atoms with E-state index in [9.17, 15) is 0 Å². The first kappa shape index (κ1) is 11.7. The van der Waals surface area contributed by atoms with E-state index in [0.29, 0.717) is 0 Å². The predicted molar refractivity (Wildman–Crippen MR) is 50.6 cm³/mol. The lowest BCUT2D eigenvalue weighted by atomic mass is 10.7. The molecular formula is C6H18OSi2. The fraction of sp³-hybridized carbons (Fsp3) is 0.667. The summed E-state index contributed by atoms with van der Waals surface area (Å²) in [4.78, 5) is 0. The van der Waals surface area contributed by atoms with Crippen molar-refractivity contribution >= 4 is 19.3 Å². The summed E-state index contributed by atoms with van der Waals surface area (Å²) in [6.07, 6.45) is 0. The number of allylic oxidation sites excluding steroid dienone is 1. The van der Waals surface area contributed by atoms with Crippen LogP contribution in [0.25, 0.3) is 0 Å². The van der Waals surface area contributed by atoms with Crippen molar-refractivity contribution in [3.05, 3.63) is 12.3 Å². The fourth-order valence-corrected chi connectivity index (χ4v) is 0. The van der Waals surface area contributed by atoms with Gasteiger partial charge in [-0.1, -0.05) is 26.2 Å². The zero-order valence-electron chi connectivity index (χ0n) is 7.19. The van der Waals surface area contributed by atoms with E-state index >= 15 is 0 Å². The van der Waals surface area contributed by atoms with Gasteiger partial charge >= 0.3 is 0 Å². The molecule has 56 valence electrons. The second-order valence-corrected chi connectivity index (χ2v) is 6.51. The van der Waals surface area contributed by atoms with Gasteiger partial charge in [-0.25, -0.2) is 0 Å². The first-order valence-electron chi connectivity index (χ1n) is 3.20. The van der Waals surface area contributed by atoms with Crippen LogP contribution in [0, 0.1) is 0 Å². The van der Waals surface area contributed by atoms with Crippen molar-refractivity contribution in [2.45, 2.75) is 26.6 Å². The summed E-state index contributed by atoms with van der Waals surface area (Å²) in [6, 6.07) is 0. The largest absolute Gasteiger partial charge is 0.557 e. The van der Waals surface area contributed by atoms with Crippen molar-refractivity contribution in [2.24, 2.45) is 0 Å². The molecule has 0 aliphatic heterocycles. The van der Waals surface area contributed by atoms with Crippen LogP contribution in [0.2, 0.25) is 19.6 Å². The summed E-state index contributed by atoms with van der Waals surface area (Å²) in [5.74, 6) is 0.816. The van der Waals surface area contributed by atoms with Gasteiger partial charge < -0.3 is 4.43 Å². The molecular weight excluding hydrogens is 144 g/mol. The van der Waals surface area contributed by atoms with Crippen LogP contribution in [0.4, 0.5) is 0 Å². The Morgan fingerprint density at radius 1 is 1.44 bits per heavy atom. The third-order valence-electron chi connectivity index (χ3n) is 0.348. The van der Waals surface area contributed by atoms with E-state index in [1.54, 1.807) is 0 Å². The number of hydrogen-bond acceptors (Lipinski definition) is 1. The molecule has 1 nitrogen and oxygen atoms in total. The average Bonchev–Trinajstić information content (AvgIpc) is 1.65. The molecule has 0 aliphatic rings. The molecule has 0 bridgehead atoms. The van der Waals surface area contributed by atoms with E-state index in [1.165, 1.54) is 0 Å². The van der Waals surface area contributed by atoms with Gasteiger partial charge in [0.2, 0.25) is 10.5 Å². The van der Waals surface area contributed by atoms with Crippen LogP contribution in [0.5, 0.6) is 0 Å². The number of hydrogen-bond donors (Lipinski definition) is 0. The van der Waals surface area contributed by atoms with Crippen LogP contribution in [0.15, 0.2) is 12.3 Å². The zero-order chi connectivity index (χ0) is 7.86. The monoisotopic (exact) mass is 162 g/mol. The molecule has 0 aromatic rings. The maximum Gasteiger partial charge on any atom is 0.203 e. The maximum atomic E-state index is 4.69. The molecule has 0 radical (unpaired) electrons. The van der Waals surface area contributed by atoms with E-state index < -0.39 is 0 Å². The van der Waals surface area contributed by atoms with Gasteiger partial charge in [-0.05, 0) is 6.92 Å². The van der Waals surface area contributed by atoms with E-state index in [1.807, 2.05) is 6.92 Å². The van der Waals surface area contributed by atoms with E-state index in [4.69, 9.17) is 4.43 Å². The fourth-order valence-electron chi connectivity index (χ4n) is 0. The smallest absolute Gasteiger partial charge is 0.203 e. The van der Waals surface area contributed by atoms with Crippen LogP contribution in [-0.4, -0.2) is 19.3 Å². The summed E-state index contributed by atoms with van der Waals surface area (Å²) < 4.78 is 4.69. The van der Waals surface area contributed by atoms with Crippen LogP contribution < -0.4 is 0 Å². The summed E-state index contributed by atoms with van der Waals surface area (Å²) >= 11 is 0. The molecule has 0 saturated heterocycles. The Hall–Kier alpha value is -0.0262. The van der Waals surface area contributed by atoms with Gasteiger partial charge in [0.1, 0.15) is 0 Å². The topological polar surface area (TPSA) is 9.23 Å². The maximum absolute atomic E-state index is 4.69. The van der Waals surface area contributed by atoms with Crippen LogP contribution in [0.1, 0.15) is 6.92 Å². The third kappa shape index (κ3) is 73.0. The molecule has 0 unspecified atom stereocenters. The molecule has 0 aliphatic carbocycles. The average molecular weight is 162 g/mol. The van der Waals surface area contributed by atoms with Gasteiger partial charge in [-0.3, -0.25) is 0 Å². The Morgan fingerprint density at radius 3 is 1.56 bits per heavy atom. The van der Waals surface area contributed by atoms with Gasteiger partial charge in [0.05, 0.1) is 5.76 Å². The lowest BCUT2D eigenvalue weighted by Crippen LogP contribution is -1.84. The number of rotatable bonds is 1. The molecule has 0 fully saturated rings. The first-order chi connectivity index (χ1) is 4.00.